The Morgan fingerprint density at radius 3 is 2.58 bits per heavy atom. The summed E-state index contributed by atoms with van der Waals surface area (Å²) >= 11 is 0. The van der Waals surface area contributed by atoms with Crippen molar-refractivity contribution in [3.05, 3.63) is 24.7 Å². The molecule has 0 saturated heterocycles. The largest absolute Gasteiger partial charge is 0.383 e. The highest BCUT2D eigenvalue weighted by Crippen LogP contribution is 2.21. The zero-order valence-electron chi connectivity index (χ0n) is 8.09. The summed E-state index contributed by atoms with van der Waals surface area (Å²) in [5.41, 5.74) is 0.375. The molecule has 0 aromatic carbocycles. The zero-order chi connectivity index (χ0) is 9.03. The second-order valence-corrected chi connectivity index (χ2v) is 4.40. The second-order valence-electron chi connectivity index (χ2n) is 4.40. The van der Waals surface area contributed by atoms with Gasteiger partial charge in [-0.2, -0.15) is 0 Å². The van der Waals surface area contributed by atoms with E-state index in [4.69, 9.17) is 0 Å². The van der Waals surface area contributed by atoms with Crippen molar-refractivity contribution < 1.29 is 0 Å². The van der Waals surface area contributed by atoms with Crippen LogP contribution < -0.4 is 10.6 Å². The SMILES string of the molecule is CC(C)(C)CC1C=CNC=CN1. The predicted octanol–water partition coefficient (Wildman–Crippen LogP) is 1.97. The van der Waals surface area contributed by atoms with Crippen LogP contribution in [0.3, 0.4) is 0 Å². The molecule has 0 spiro atoms. The number of nitrogens with one attached hydrogen (secondary N) is 2. The summed E-state index contributed by atoms with van der Waals surface area (Å²) in [4.78, 5) is 0. The molecule has 1 heterocycles. The Kier molecular flexibility index (Phi) is 2.79. The minimum Gasteiger partial charge on any atom is -0.383 e. The van der Waals surface area contributed by atoms with Crippen LogP contribution in [0.15, 0.2) is 24.7 Å². The standard InChI is InChI=1S/C10H18N2/c1-10(2,3)8-9-4-5-11-6-7-12-9/h4-7,9,11-12H,8H2,1-3H3. The van der Waals surface area contributed by atoms with E-state index in [1.165, 1.54) is 0 Å². The van der Waals surface area contributed by atoms with Crippen LogP contribution >= 0.6 is 0 Å². The molecule has 0 radical (unpaired) electrons. The van der Waals surface area contributed by atoms with Gasteiger partial charge in [0, 0.05) is 18.4 Å². The fourth-order valence-electron chi connectivity index (χ4n) is 1.29. The van der Waals surface area contributed by atoms with Crippen LogP contribution in [0, 0.1) is 5.41 Å². The number of rotatable bonds is 1. The zero-order valence-corrected chi connectivity index (χ0v) is 8.09. The lowest BCUT2D eigenvalue weighted by molar-refractivity contribution is 0.347. The molecule has 12 heavy (non-hydrogen) atoms. The third-order valence-corrected chi connectivity index (χ3v) is 1.75. The Balaban J connectivity index is 2.46. The molecular formula is C10H18N2. The van der Waals surface area contributed by atoms with E-state index >= 15 is 0 Å². The molecule has 0 amide bonds. The van der Waals surface area contributed by atoms with Gasteiger partial charge in [0.25, 0.3) is 0 Å². The Morgan fingerprint density at radius 1 is 1.17 bits per heavy atom. The highest BCUT2D eigenvalue weighted by atomic mass is 14.9. The minimum atomic E-state index is 0.375. The first-order chi connectivity index (χ1) is 5.58. The summed E-state index contributed by atoms with van der Waals surface area (Å²) in [6, 6.07) is 0.455. The average Bonchev–Trinajstić information content (AvgIpc) is 2.12. The summed E-state index contributed by atoms with van der Waals surface area (Å²) < 4.78 is 0. The Labute approximate surface area is 74.7 Å². The van der Waals surface area contributed by atoms with Crippen LogP contribution in [0.1, 0.15) is 27.2 Å². The van der Waals surface area contributed by atoms with Crippen LogP contribution in [0.25, 0.3) is 0 Å². The van der Waals surface area contributed by atoms with Crippen molar-refractivity contribution in [3.63, 3.8) is 0 Å². The van der Waals surface area contributed by atoms with E-state index in [0.717, 1.165) is 6.42 Å². The fraction of sp³-hybridized carbons (Fsp3) is 0.600. The molecule has 0 aliphatic carbocycles. The van der Waals surface area contributed by atoms with Crippen LogP contribution in [-0.4, -0.2) is 6.04 Å². The lowest BCUT2D eigenvalue weighted by atomic mass is 9.88. The lowest BCUT2D eigenvalue weighted by Gasteiger charge is -2.23. The lowest BCUT2D eigenvalue weighted by Crippen LogP contribution is -2.26. The van der Waals surface area contributed by atoms with Gasteiger partial charge in [0.2, 0.25) is 0 Å². The van der Waals surface area contributed by atoms with Gasteiger partial charge in [0.15, 0.2) is 0 Å². The summed E-state index contributed by atoms with van der Waals surface area (Å²) in [6.45, 7) is 6.76. The summed E-state index contributed by atoms with van der Waals surface area (Å²) in [7, 11) is 0. The first kappa shape index (κ1) is 9.17. The van der Waals surface area contributed by atoms with Gasteiger partial charge in [-0.05, 0) is 24.1 Å². The van der Waals surface area contributed by atoms with Gasteiger partial charge >= 0.3 is 0 Å². The highest BCUT2D eigenvalue weighted by Gasteiger charge is 2.15. The van der Waals surface area contributed by atoms with Crippen molar-refractivity contribution in [1.29, 1.82) is 0 Å². The van der Waals surface area contributed by atoms with Gasteiger partial charge in [-0.1, -0.05) is 20.8 Å². The molecule has 0 saturated carbocycles. The van der Waals surface area contributed by atoms with Crippen molar-refractivity contribution in [3.8, 4) is 0 Å². The molecule has 1 aliphatic heterocycles. The molecule has 1 rings (SSSR count). The summed E-state index contributed by atoms with van der Waals surface area (Å²) in [6.07, 6.45) is 9.14. The van der Waals surface area contributed by atoms with Gasteiger partial charge in [-0.15, -0.1) is 0 Å². The van der Waals surface area contributed by atoms with Crippen LogP contribution in [-0.2, 0) is 0 Å². The third kappa shape index (κ3) is 3.46. The number of hydrogen-bond acceptors (Lipinski definition) is 2. The Morgan fingerprint density at radius 2 is 1.92 bits per heavy atom. The van der Waals surface area contributed by atoms with Gasteiger partial charge in [-0.3, -0.25) is 0 Å². The molecule has 0 aromatic heterocycles. The van der Waals surface area contributed by atoms with Crippen LogP contribution in [0.4, 0.5) is 0 Å². The first-order valence-electron chi connectivity index (χ1n) is 4.42. The normalized spacial score (nSPS) is 22.8. The van der Waals surface area contributed by atoms with E-state index in [9.17, 15) is 0 Å². The van der Waals surface area contributed by atoms with Gasteiger partial charge in [-0.25, -0.2) is 0 Å². The molecule has 1 unspecified atom stereocenters. The maximum absolute atomic E-state index is 3.31. The second kappa shape index (κ2) is 3.65. The molecule has 68 valence electrons. The van der Waals surface area contributed by atoms with Gasteiger partial charge < -0.3 is 10.6 Å². The van der Waals surface area contributed by atoms with Crippen molar-refractivity contribution in [2.45, 2.75) is 33.2 Å². The monoisotopic (exact) mass is 166 g/mol. The maximum atomic E-state index is 3.31. The molecule has 2 heteroatoms. The van der Waals surface area contributed by atoms with E-state index in [2.05, 4.69) is 37.5 Å². The van der Waals surface area contributed by atoms with Crippen molar-refractivity contribution in [2.24, 2.45) is 5.41 Å². The maximum Gasteiger partial charge on any atom is 0.0461 e. The molecule has 0 aromatic rings. The molecule has 0 fully saturated rings. The Bertz CT molecular complexity index is 187. The topological polar surface area (TPSA) is 24.1 Å². The highest BCUT2D eigenvalue weighted by molar-refractivity contribution is 5.02. The molecule has 0 bridgehead atoms. The third-order valence-electron chi connectivity index (χ3n) is 1.75. The Hall–Kier alpha value is -0.920. The molecular weight excluding hydrogens is 148 g/mol. The summed E-state index contributed by atoms with van der Waals surface area (Å²) in [5, 5.41) is 6.35. The van der Waals surface area contributed by atoms with Crippen molar-refractivity contribution >= 4 is 0 Å². The minimum absolute atomic E-state index is 0.375. The van der Waals surface area contributed by atoms with Crippen molar-refractivity contribution in [1.82, 2.24) is 10.6 Å². The van der Waals surface area contributed by atoms with Gasteiger partial charge in [0.05, 0.1) is 0 Å². The summed E-state index contributed by atoms with van der Waals surface area (Å²) in [5.74, 6) is 0. The molecule has 2 N–H and O–H groups in total. The van der Waals surface area contributed by atoms with Crippen LogP contribution in [0.5, 0.6) is 0 Å². The van der Waals surface area contributed by atoms with E-state index in [1.54, 1.807) is 0 Å². The number of hydrogen-bond donors (Lipinski definition) is 2. The first-order valence-corrected chi connectivity index (χ1v) is 4.42. The quantitative estimate of drug-likeness (QED) is 0.622. The average molecular weight is 166 g/mol. The van der Waals surface area contributed by atoms with Crippen LogP contribution in [0.2, 0.25) is 0 Å². The van der Waals surface area contributed by atoms with Gasteiger partial charge in [0.1, 0.15) is 0 Å². The van der Waals surface area contributed by atoms with E-state index in [1.807, 2.05) is 18.6 Å². The predicted molar refractivity (Wildman–Crippen MR) is 52.4 cm³/mol. The van der Waals surface area contributed by atoms with E-state index in [-0.39, 0.29) is 0 Å². The smallest absolute Gasteiger partial charge is 0.0461 e. The van der Waals surface area contributed by atoms with E-state index < -0.39 is 0 Å². The van der Waals surface area contributed by atoms with E-state index in [0.29, 0.717) is 11.5 Å². The molecule has 1 aliphatic rings. The fourth-order valence-corrected chi connectivity index (χ4v) is 1.29. The molecule has 1 atom stereocenters. The van der Waals surface area contributed by atoms with Crippen molar-refractivity contribution in [2.75, 3.05) is 0 Å². The molecule has 2 nitrogen and oxygen atoms in total.